The van der Waals surface area contributed by atoms with E-state index in [4.69, 9.17) is 0 Å². The van der Waals surface area contributed by atoms with Crippen LogP contribution in [0.1, 0.15) is 11.4 Å². The highest BCUT2D eigenvalue weighted by Gasteiger charge is 2.15. The van der Waals surface area contributed by atoms with Gasteiger partial charge in [-0.1, -0.05) is 0 Å². The molecule has 124 valence electrons. The first kappa shape index (κ1) is 17.1. The molecule has 0 aromatic carbocycles. The molecule has 0 spiro atoms. The fraction of sp³-hybridized carbons (Fsp3) is 0.357. The van der Waals surface area contributed by atoms with Gasteiger partial charge in [0.1, 0.15) is 0 Å². The number of anilines is 1. The van der Waals surface area contributed by atoms with Gasteiger partial charge in [-0.2, -0.15) is 9.40 Å². The summed E-state index contributed by atoms with van der Waals surface area (Å²) in [6.07, 6.45) is 2.55. The van der Waals surface area contributed by atoms with Crippen molar-refractivity contribution < 1.29 is 13.2 Å². The highest BCUT2D eigenvalue weighted by molar-refractivity contribution is 7.88. The number of likely N-dealkylation sites (N-methyl/N-ethyl adjacent to an activating group) is 1. The van der Waals surface area contributed by atoms with Gasteiger partial charge in [0, 0.05) is 12.7 Å². The first-order chi connectivity index (χ1) is 10.7. The minimum absolute atomic E-state index is 0.252. The summed E-state index contributed by atoms with van der Waals surface area (Å²) in [6, 6.07) is 5.37. The second kappa shape index (κ2) is 6.47. The molecule has 1 N–H and O–H groups in total. The molecule has 0 saturated heterocycles. The summed E-state index contributed by atoms with van der Waals surface area (Å²) in [5.74, 6) is 0.209. The van der Waals surface area contributed by atoms with E-state index in [0.717, 1.165) is 21.9 Å². The van der Waals surface area contributed by atoms with Gasteiger partial charge in [0.05, 0.1) is 30.4 Å². The van der Waals surface area contributed by atoms with Gasteiger partial charge in [-0.05, 0) is 32.0 Å². The molecular formula is C14H19N5O3S. The van der Waals surface area contributed by atoms with Crippen molar-refractivity contribution in [3.05, 3.63) is 35.8 Å². The highest BCUT2D eigenvalue weighted by Crippen LogP contribution is 2.12. The molecule has 2 aromatic heterocycles. The summed E-state index contributed by atoms with van der Waals surface area (Å²) >= 11 is 0. The molecule has 0 aliphatic carbocycles. The fourth-order valence-electron chi connectivity index (χ4n) is 1.97. The second-order valence-corrected chi connectivity index (χ2v) is 7.40. The highest BCUT2D eigenvalue weighted by atomic mass is 32.2. The Morgan fingerprint density at radius 2 is 2.04 bits per heavy atom. The smallest absolute Gasteiger partial charge is 0.239 e. The third kappa shape index (κ3) is 4.36. The van der Waals surface area contributed by atoms with Crippen LogP contribution in [0.2, 0.25) is 0 Å². The molecule has 2 rings (SSSR count). The number of carbonyl (C=O) groups is 1. The van der Waals surface area contributed by atoms with Crippen molar-refractivity contribution in [2.24, 2.45) is 0 Å². The number of nitrogens with one attached hydrogen (secondary N) is 1. The predicted octanol–water partition coefficient (Wildman–Crippen LogP) is 0.714. The van der Waals surface area contributed by atoms with Crippen LogP contribution in [-0.2, 0) is 14.8 Å². The summed E-state index contributed by atoms with van der Waals surface area (Å²) in [4.78, 5) is 16.1. The van der Waals surface area contributed by atoms with Crippen LogP contribution >= 0.6 is 0 Å². The zero-order chi connectivity index (χ0) is 17.2. The molecular weight excluding hydrogens is 318 g/mol. The Bertz CT molecular complexity index is 811. The molecule has 0 unspecified atom stereocenters. The molecule has 0 radical (unpaired) electrons. The predicted molar refractivity (Wildman–Crippen MR) is 86.9 cm³/mol. The standard InChI is InChI=1S/C14H19N5O3S/c1-10-7-11(2)19(17-10)13-6-5-12(8-15-13)16-14(20)9-18(3)23(4,21)22/h5-8H,9H2,1-4H3,(H,16,20). The maximum absolute atomic E-state index is 11.8. The molecule has 0 saturated carbocycles. The Hall–Kier alpha value is -2.26. The molecule has 0 aliphatic heterocycles. The Kier molecular flexibility index (Phi) is 4.81. The molecule has 23 heavy (non-hydrogen) atoms. The van der Waals surface area contributed by atoms with E-state index in [1.165, 1.54) is 13.2 Å². The first-order valence-electron chi connectivity index (χ1n) is 6.87. The van der Waals surface area contributed by atoms with Gasteiger partial charge >= 0.3 is 0 Å². The third-order valence-corrected chi connectivity index (χ3v) is 4.45. The molecule has 9 heteroatoms. The number of hydrogen-bond acceptors (Lipinski definition) is 5. The maximum atomic E-state index is 11.8. The molecule has 0 atom stereocenters. The lowest BCUT2D eigenvalue weighted by atomic mass is 10.3. The molecule has 1 amide bonds. The van der Waals surface area contributed by atoms with Crippen LogP contribution in [0, 0.1) is 13.8 Å². The van der Waals surface area contributed by atoms with Crippen LogP contribution in [0.4, 0.5) is 5.69 Å². The minimum Gasteiger partial charge on any atom is -0.324 e. The van der Waals surface area contributed by atoms with Crippen LogP contribution in [0.25, 0.3) is 5.82 Å². The van der Waals surface area contributed by atoms with Crippen LogP contribution in [0.15, 0.2) is 24.4 Å². The minimum atomic E-state index is -3.39. The van der Waals surface area contributed by atoms with Crippen molar-refractivity contribution in [1.82, 2.24) is 19.1 Å². The van der Waals surface area contributed by atoms with Gasteiger partial charge in [-0.25, -0.2) is 18.1 Å². The lowest BCUT2D eigenvalue weighted by Gasteiger charge is -2.13. The molecule has 0 bridgehead atoms. The summed E-state index contributed by atoms with van der Waals surface area (Å²) in [6.45, 7) is 3.58. The SMILES string of the molecule is Cc1cc(C)n(-c2ccc(NC(=O)CN(C)S(C)(=O)=O)cn2)n1. The average Bonchev–Trinajstić information content (AvgIpc) is 2.77. The maximum Gasteiger partial charge on any atom is 0.239 e. The van der Waals surface area contributed by atoms with Crippen molar-refractivity contribution in [2.75, 3.05) is 25.2 Å². The third-order valence-electron chi connectivity index (χ3n) is 3.19. The van der Waals surface area contributed by atoms with Crippen LogP contribution < -0.4 is 5.32 Å². The van der Waals surface area contributed by atoms with E-state index in [0.29, 0.717) is 11.5 Å². The summed E-state index contributed by atoms with van der Waals surface area (Å²) in [7, 11) is -2.04. The number of pyridine rings is 1. The van der Waals surface area contributed by atoms with Crippen LogP contribution in [-0.4, -0.2) is 53.2 Å². The fourth-order valence-corrected chi connectivity index (χ4v) is 2.32. The average molecular weight is 337 g/mol. The monoisotopic (exact) mass is 337 g/mol. The second-order valence-electron chi connectivity index (χ2n) is 5.31. The number of nitrogens with zero attached hydrogens (tertiary/aromatic N) is 4. The Morgan fingerprint density at radius 1 is 1.35 bits per heavy atom. The van der Waals surface area contributed by atoms with Gasteiger partial charge in [-0.3, -0.25) is 4.79 Å². The Morgan fingerprint density at radius 3 is 2.52 bits per heavy atom. The zero-order valence-corrected chi connectivity index (χ0v) is 14.3. The number of carbonyl (C=O) groups excluding carboxylic acids is 1. The number of hydrogen-bond donors (Lipinski definition) is 1. The van der Waals surface area contributed by atoms with E-state index in [1.807, 2.05) is 19.9 Å². The first-order valence-corrected chi connectivity index (χ1v) is 8.72. The van der Waals surface area contributed by atoms with Gasteiger partial charge in [0.15, 0.2) is 5.82 Å². The van der Waals surface area contributed by atoms with Gasteiger partial charge < -0.3 is 5.32 Å². The number of rotatable bonds is 5. The number of amides is 1. The summed E-state index contributed by atoms with van der Waals surface area (Å²) in [5, 5.41) is 6.94. The van der Waals surface area contributed by atoms with E-state index >= 15 is 0 Å². The topological polar surface area (TPSA) is 97.2 Å². The normalized spacial score (nSPS) is 11.7. The number of aromatic nitrogens is 3. The van der Waals surface area contributed by atoms with Gasteiger partial charge in [-0.15, -0.1) is 0 Å². The molecule has 8 nitrogen and oxygen atoms in total. The van der Waals surface area contributed by atoms with E-state index in [9.17, 15) is 13.2 Å². The Labute approximate surface area is 135 Å². The van der Waals surface area contributed by atoms with Crippen molar-refractivity contribution in [2.45, 2.75) is 13.8 Å². The molecule has 0 aliphatic rings. The summed E-state index contributed by atoms with van der Waals surface area (Å²) < 4.78 is 25.2. The van der Waals surface area contributed by atoms with Crippen molar-refractivity contribution in [1.29, 1.82) is 0 Å². The van der Waals surface area contributed by atoms with Crippen molar-refractivity contribution >= 4 is 21.6 Å². The van der Waals surface area contributed by atoms with E-state index in [2.05, 4.69) is 15.4 Å². The van der Waals surface area contributed by atoms with Gasteiger partial charge in [0.25, 0.3) is 0 Å². The lowest BCUT2D eigenvalue weighted by Crippen LogP contribution is -2.34. The van der Waals surface area contributed by atoms with Crippen LogP contribution in [0.5, 0.6) is 0 Å². The van der Waals surface area contributed by atoms with Crippen molar-refractivity contribution in [3.63, 3.8) is 0 Å². The molecule has 0 fully saturated rings. The lowest BCUT2D eigenvalue weighted by molar-refractivity contribution is -0.116. The van der Waals surface area contributed by atoms with Crippen molar-refractivity contribution in [3.8, 4) is 5.82 Å². The zero-order valence-electron chi connectivity index (χ0n) is 13.4. The van der Waals surface area contributed by atoms with Gasteiger partial charge in [0.2, 0.25) is 15.9 Å². The van der Waals surface area contributed by atoms with E-state index in [1.54, 1.807) is 16.8 Å². The summed E-state index contributed by atoms with van der Waals surface area (Å²) in [5.41, 5.74) is 2.34. The van der Waals surface area contributed by atoms with E-state index < -0.39 is 15.9 Å². The Balaban J connectivity index is 2.06. The number of aryl methyl sites for hydroxylation is 2. The van der Waals surface area contributed by atoms with Crippen LogP contribution in [0.3, 0.4) is 0 Å². The molecule has 2 heterocycles. The van der Waals surface area contributed by atoms with E-state index in [-0.39, 0.29) is 6.54 Å². The largest absolute Gasteiger partial charge is 0.324 e. The molecule has 2 aromatic rings. The number of sulfonamides is 1. The quantitative estimate of drug-likeness (QED) is 0.867.